The van der Waals surface area contributed by atoms with Crippen molar-refractivity contribution in [2.45, 2.75) is 19.0 Å². The molecule has 2 heterocycles. The summed E-state index contributed by atoms with van der Waals surface area (Å²) in [5, 5.41) is 9.68. The molecule has 1 aliphatic rings. The number of rotatable bonds is 2. The van der Waals surface area contributed by atoms with Gasteiger partial charge in [-0.15, -0.1) is 0 Å². The van der Waals surface area contributed by atoms with Crippen molar-refractivity contribution in [3.05, 3.63) is 35.5 Å². The minimum absolute atomic E-state index is 0.112. The van der Waals surface area contributed by atoms with E-state index in [9.17, 15) is 14.0 Å². The lowest BCUT2D eigenvalue weighted by atomic mass is 10.1. The number of nitrogens with zero attached hydrogens (tertiary/aromatic N) is 1. The van der Waals surface area contributed by atoms with E-state index in [0.717, 1.165) is 10.9 Å². The van der Waals surface area contributed by atoms with Gasteiger partial charge in [0.15, 0.2) is 0 Å². The van der Waals surface area contributed by atoms with Crippen LogP contribution in [0, 0.1) is 6.92 Å². The highest BCUT2D eigenvalue weighted by molar-refractivity contribution is 6.08. The number of alkyl halides is 1. The average molecular weight is 290 g/mol. The molecule has 1 amide bonds. The van der Waals surface area contributed by atoms with Crippen LogP contribution < -0.4 is 0 Å². The Bertz CT molecular complexity index is 740. The number of benzene rings is 1. The molecule has 1 unspecified atom stereocenters. The fourth-order valence-corrected chi connectivity index (χ4v) is 2.83. The van der Waals surface area contributed by atoms with E-state index in [2.05, 4.69) is 4.98 Å². The predicted molar refractivity (Wildman–Crippen MR) is 75.0 cm³/mol. The number of aliphatic carboxylic acids is 1. The van der Waals surface area contributed by atoms with Crippen LogP contribution in [0.5, 0.6) is 0 Å². The number of hydrogen-bond acceptors (Lipinski definition) is 2. The van der Waals surface area contributed by atoms with Crippen LogP contribution >= 0.6 is 0 Å². The molecule has 0 radical (unpaired) electrons. The first-order valence-electron chi connectivity index (χ1n) is 6.71. The van der Waals surface area contributed by atoms with Gasteiger partial charge in [0.05, 0.1) is 12.1 Å². The molecule has 1 aromatic heterocycles. The molecule has 1 aliphatic heterocycles. The maximum absolute atomic E-state index is 14.1. The van der Waals surface area contributed by atoms with Crippen LogP contribution in [-0.2, 0) is 4.79 Å². The van der Waals surface area contributed by atoms with E-state index in [0.29, 0.717) is 11.3 Å². The van der Waals surface area contributed by atoms with Gasteiger partial charge >= 0.3 is 5.97 Å². The number of H-pyrrole nitrogens is 1. The zero-order valence-corrected chi connectivity index (χ0v) is 11.5. The Labute approximate surface area is 120 Å². The van der Waals surface area contributed by atoms with E-state index in [1.807, 2.05) is 24.3 Å². The molecule has 2 aromatic rings. The van der Waals surface area contributed by atoms with E-state index < -0.39 is 18.2 Å². The summed E-state index contributed by atoms with van der Waals surface area (Å²) in [5.74, 6) is -1.83. The monoisotopic (exact) mass is 290 g/mol. The number of hydrogen-bond donors (Lipinski definition) is 2. The Kier molecular flexibility index (Phi) is 2.97. The third-order valence-electron chi connectivity index (χ3n) is 4.00. The maximum Gasteiger partial charge on any atom is 0.343 e. The van der Waals surface area contributed by atoms with Crippen LogP contribution in [0.3, 0.4) is 0 Å². The van der Waals surface area contributed by atoms with Gasteiger partial charge in [-0.3, -0.25) is 4.79 Å². The molecule has 0 bridgehead atoms. The highest BCUT2D eigenvalue weighted by Gasteiger charge is 2.47. The van der Waals surface area contributed by atoms with Crippen molar-refractivity contribution in [3.63, 3.8) is 0 Å². The van der Waals surface area contributed by atoms with Gasteiger partial charge in [-0.2, -0.15) is 0 Å². The second-order valence-corrected chi connectivity index (χ2v) is 5.42. The van der Waals surface area contributed by atoms with Crippen molar-refractivity contribution in [2.24, 2.45) is 0 Å². The van der Waals surface area contributed by atoms with Crippen molar-refractivity contribution in [1.29, 1.82) is 0 Å². The number of fused-ring (bicyclic) bond motifs is 1. The highest BCUT2D eigenvalue weighted by atomic mass is 19.1. The quantitative estimate of drug-likeness (QED) is 0.889. The van der Waals surface area contributed by atoms with E-state index >= 15 is 0 Å². The first-order chi connectivity index (χ1) is 9.92. The average Bonchev–Trinajstić information content (AvgIpc) is 2.99. The van der Waals surface area contributed by atoms with Crippen LogP contribution in [0.15, 0.2) is 24.3 Å². The van der Waals surface area contributed by atoms with Gasteiger partial charge in [0.2, 0.25) is 5.67 Å². The maximum atomic E-state index is 14.1. The molecule has 0 aliphatic carbocycles. The summed E-state index contributed by atoms with van der Waals surface area (Å²) in [4.78, 5) is 27.9. The van der Waals surface area contributed by atoms with Gasteiger partial charge in [-0.05, 0) is 13.0 Å². The summed E-state index contributed by atoms with van der Waals surface area (Å²) in [6.45, 7) is 1.49. The lowest BCUT2D eigenvalue weighted by Crippen LogP contribution is -2.39. The Balaban J connectivity index is 1.95. The topological polar surface area (TPSA) is 73.4 Å². The highest BCUT2D eigenvalue weighted by Crippen LogP contribution is 2.30. The predicted octanol–water partition coefficient (Wildman–Crippen LogP) is 2.12. The number of carbonyl (C=O) groups excluding carboxylic acids is 1. The molecule has 1 atom stereocenters. The van der Waals surface area contributed by atoms with Gasteiger partial charge in [0.25, 0.3) is 5.91 Å². The number of carbonyl (C=O) groups is 2. The Hall–Kier alpha value is -2.37. The molecule has 1 aromatic carbocycles. The molecule has 110 valence electrons. The summed E-state index contributed by atoms with van der Waals surface area (Å²) in [6.07, 6.45) is -0.171. The number of nitrogens with one attached hydrogen (secondary N) is 1. The third kappa shape index (κ3) is 2.07. The molecule has 1 saturated heterocycles. The molecule has 3 rings (SSSR count). The minimum atomic E-state index is -2.34. The smallest absolute Gasteiger partial charge is 0.343 e. The fraction of sp³-hybridized carbons (Fsp3) is 0.333. The van der Waals surface area contributed by atoms with Crippen LogP contribution in [0.1, 0.15) is 22.5 Å². The molecule has 21 heavy (non-hydrogen) atoms. The molecule has 1 fully saturated rings. The number of halogens is 1. The van der Waals surface area contributed by atoms with E-state index in [1.165, 1.54) is 4.90 Å². The number of aromatic amines is 1. The molecular weight excluding hydrogens is 275 g/mol. The second kappa shape index (κ2) is 4.58. The van der Waals surface area contributed by atoms with Crippen molar-refractivity contribution in [1.82, 2.24) is 9.88 Å². The van der Waals surface area contributed by atoms with Crippen LogP contribution in [0.4, 0.5) is 4.39 Å². The number of para-hydroxylation sites is 1. The van der Waals surface area contributed by atoms with Gasteiger partial charge in [0, 0.05) is 29.6 Å². The van der Waals surface area contributed by atoms with E-state index in [4.69, 9.17) is 5.11 Å². The van der Waals surface area contributed by atoms with E-state index in [1.54, 1.807) is 6.92 Å². The summed E-state index contributed by atoms with van der Waals surface area (Å²) in [5.41, 5.74) is -0.314. The van der Waals surface area contributed by atoms with Gasteiger partial charge in [-0.25, -0.2) is 9.18 Å². The normalized spacial score (nSPS) is 21.9. The molecule has 5 nitrogen and oxygen atoms in total. The Morgan fingerprint density at radius 2 is 2.10 bits per heavy atom. The summed E-state index contributed by atoms with van der Waals surface area (Å²) in [7, 11) is 0. The van der Waals surface area contributed by atoms with Crippen molar-refractivity contribution in [3.8, 4) is 0 Å². The van der Waals surface area contributed by atoms with Crippen LogP contribution in [0.25, 0.3) is 10.9 Å². The van der Waals surface area contributed by atoms with Crippen molar-refractivity contribution < 1.29 is 19.1 Å². The first-order valence-corrected chi connectivity index (χ1v) is 6.71. The summed E-state index contributed by atoms with van der Waals surface area (Å²) < 4.78 is 14.1. The lowest BCUT2D eigenvalue weighted by Gasteiger charge is -2.18. The molecular formula is C15H15FN2O3. The number of likely N-dealkylation sites (tertiary alicyclic amines) is 1. The number of aryl methyl sites for hydroxylation is 1. The Morgan fingerprint density at radius 3 is 2.76 bits per heavy atom. The summed E-state index contributed by atoms with van der Waals surface area (Å²) >= 11 is 0. The number of carboxylic acid groups (broad SMARTS) is 1. The van der Waals surface area contributed by atoms with Crippen molar-refractivity contribution in [2.75, 3.05) is 13.1 Å². The number of aromatic nitrogens is 1. The zero-order valence-electron chi connectivity index (χ0n) is 11.5. The van der Waals surface area contributed by atoms with Gasteiger partial charge in [0.1, 0.15) is 0 Å². The number of carboxylic acids is 1. The largest absolute Gasteiger partial charge is 0.479 e. The first kappa shape index (κ1) is 13.6. The van der Waals surface area contributed by atoms with Gasteiger partial charge < -0.3 is 15.0 Å². The number of amides is 1. The van der Waals surface area contributed by atoms with E-state index in [-0.39, 0.29) is 18.9 Å². The van der Waals surface area contributed by atoms with Crippen LogP contribution in [0.2, 0.25) is 0 Å². The van der Waals surface area contributed by atoms with Crippen molar-refractivity contribution >= 4 is 22.8 Å². The Morgan fingerprint density at radius 1 is 1.38 bits per heavy atom. The zero-order chi connectivity index (χ0) is 15.2. The summed E-state index contributed by atoms with van der Waals surface area (Å²) in [6, 6.07) is 7.37. The van der Waals surface area contributed by atoms with Gasteiger partial charge in [-0.1, -0.05) is 18.2 Å². The molecule has 0 spiro atoms. The SMILES string of the molecule is Cc1[nH]c2ccccc2c1C(=O)N1CCC(F)(C(=O)O)C1. The minimum Gasteiger partial charge on any atom is -0.479 e. The second-order valence-electron chi connectivity index (χ2n) is 5.42. The standard InChI is InChI=1S/C15H15FN2O3/c1-9-12(10-4-2-3-5-11(10)17-9)13(19)18-7-6-15(16,8-18)14(20)21/h2-5,17H,6-8H2,1H3,(H,20,21). The third-order valence-corrected chi connectivity index (χ3v) is 4.00. The molecule has 6 heteroatoms. The van der Waals surface area contributed by atoms with Crippen LogP contribution in [-0.4, -0.2) is 45.6 Å². The fourth-order valence-electron chi connectivity index (χ4n) is 2.83. The molecule has 2 N–H and O–H groups in total. The lowest BCUT2D eigenvalue weighted by molar-refractivity contribution is -0.149. The molecule has 0 saturated carbocycles.